The van der Waals surface area contributed by atoms with E-state index >= 15 is 0 Å². The first kappa shape index (κ1) is 10.0. The molecule has 2 atom stereocenters. The highest BCUT2D eigenvalue weighted by molar-refractivity contribution is 5.45. The largest absolute Gasteiger partial charge is 0.489 e. The van der Waals surface area contributed by atoms with Crippen molar-refractivity contribution in [2.24, 2.45) is 0 Å². The molecule has 2 radical (unpaired) electrons. The van der Waals surface area contributed by atoms with Gasteiger partial charge in [0, 0.05) is 12.0 Å². The summed E-state index contributed by atoms with van der Waals surface area (Å²) in [6.45, 7) is 3.07. The Kier molecular flexibility index (Phi) is 2.10. The molecule has 2 heteroatoms. The smallest absolute Gasteiger partial charge is 0.208 e. The molecule has 0 bridgehead atoms. The number of hydrogen-bond acceptors (Lipinski definition) is 2. The molecule has 0 aliphatic carbocycles. The fourth-order valence-corrected chi connectivity index (χ4v) is 2.69. The lowest BCUT2D eigenvalue weighted by molar-refractivity contribution is 0.198. The second-order valence-corrected chi connectivity index (χ2v) is 4.70. The van der Waals surface area contributed by atoms with Crippen molar-refractivity contribution < 1.29 is 9.47 Å². The van der Waals surface area contributed by atoms with E-state index in [-0.39, 0.29) is 12.0 Å². The average molecular weight is 236 g/mol. The summed E-state index contributed by atoms with van der Waals surface area (Å²) in [5.74, 6) is 2.00. The molecule has 2 nitrogen and oxygen atoms in total. The van der Waals surface area contributed by atoms with Gasteiger partial charge in [-0.3, -0.25) is 0 Å². The monoisotopic (exact) mass is 236 g/mol. The number of ether oxygens (including phenoxy) is 2. The van der Waals surface area contributed by atoms with Crippen LogP contribution in [0.15, 0.2) is 48.5 Å². The molecule has 2 aromatic carbocycles. The maximum atomic E-state index is 6.01. The molecular weight excluding hydrogens is 224 g/mol. The van der Waals surface area contributed by atoms with Crippen molar-refractivity contribution in [2.45, 2.75) is 18.4 Å². The van der Waals surface area contributed by atoms with E-state index in [0.717, 1.165) is 17.9 Å². The molecule has 0 N–H and O–H groups in total. The minimum Gasteiger partial charge on any atom is -0.489 e. The minimum atomic E-state index is 0.103. The molecular formula is C16H12O2. The van der Waals surface area contributed by atoms with E-state index in [9.17, 15) is 0 Å². The van der Waals surface area contributed by atoms with Crippen molar-refractivity contribution in [3.63, 3.8) is 0 Å². The van der Waals surface area contributed by atoms with Crippen LogP contribution in [0.25, 0.3) is 0 Å². The summed E-state index contributed by atoms with van der Waals surface area (Å²) in [5.41, 5.74) is 2.45. The zero-order valence-corrected chi connectivity index (χ0v) is 9.80. The van der Waals surface area contributed by atoms with E-state index in [1.54, 1.807) is 0 Å². The fraction of sp³-hybridized carbons (Fsp3) is 0.188. The van der Waals surface area contributed by atoms with Gasteiger partial charge in [0.15, 0.2) is 0 Å². The van der Waals surface area contributed by atoms with Gasteiger partial charge in [-0.05, 0) is 17.7 Å². The van der Waals surface area contributed by atoms with E-state index in [1.165, 1.54) is 11.1 Å². The first-order chi connectivity index (χ1) is 8.92. The quantitative estimate of drug-likeness (QED) is 0.757. The van der Waals surface area contributed by atoms with E-state index < -0.39 is 0 Å². The van der Waals surface area contributed by atoms with Crippen LogP contribution in [0.2, 0.25) is 0 Å². The molecule has 2 aromatic rings. The summed E-state index contributed by atoms with van der Waals surface area (Å²) in [6, 6.07) is 16.3. The molecule has 4 rings (SSSR count). The maximum Gasteiger partial charge on any atom is 0.208 e. The highest BCUT2D eigenvalue weighted by Gasteiger charge is 2.37. The van der Waals surface area contributed by atoms with Gasteiger partial charge in [0.2, 0.25) is 6.61 Å². The predicted octanol–water partition coefficient (Wildman–Crippen LogP) is 3.21. The fourth-order valence-electron chi connectivity index (χ4n) is 2.69. The number of para-hydroxylation sites is 2. The lowest BCUT2D eigenvalue weighted by atomic mass is 9.93. The maximum absolute atomic E-state index is 6.01. The summed E-state index contributed by atoms with van der Waals surface area (Å²) in [7, 11) is 0. The Morgan fingerprint density at radius 3 is 2.61 bits per heavy atom. The SMILES string of the molecule is [C]1Oc2ccccc2C1C1Cc2ccccc2O1. The molecule has 0 fully saturated rings. The molecule has 2 aliphatic rings. The van der Waals surface area contributed by atoms with Gasteiger partial charge in [-0.1, -0.05) is 36.4 Å². The molecule has 18 heavy (non-hydrogen) atoms. The summed E-state index contributed by atoms with van der Waals surface area (Å²) >= 11 is 0. The zero-order valence-electron chi connectivity index (χ0n) is 9.80. The Balaban J connectivity index is 1.65. The third-order valence-corrected chi connectivity index (χ3v) is 3.59. The lowest BCUT2D eigenvalue weighted by Crippen LogP contribution is -2.22. The van der Waals surface area contributed by atoms with Gasteiger partial charge in [0.25, 0.3) is 0 Å². The Morgan fingerprint density at radius 2 is 1.72 bits per heavy atom. The molecule has 2 aliphatic heterocycles. The van der Waals surface area contributed by atoms with Crippen molar-refractivity contribution in [3.8, 4) is 11.5 Å². The first-order valence-electron chi connectivity index (χ1n) is 6.18. The third kappa shape index (κ3) is 1.42. The normalized spacial score (nSPS) is 24.0. The van der Waals surface area contributed by atoms with Crippen LogP contribution in [0.1, 0.15) is 17.0 Å². The van der Waals surface area contributed by atoms with Crippen molar-refractivity contribution in [2.75, 3.05) is 0 Å². The molecule has 2 unspecified atom stereocenters. The molecule has 0 saturated heterocycles. The Morgan fingerprint density at radius 1 is 0.944 bits per heavy atom. The first-order valence-corrected chi connectivity index (χ1v) is 6.18. The van der Waals surface area contributed by atoms with Crippen LogP contribution in [0.3, 0.4) is 0 Å². The van der Waals surface area contributed by atoms with Gasteiger partial charge < -0.3 is 9.47 Å². The average Bonchev–Trinajstić information content (AvgIpc) is 3.02. The standard InChI is InChI=1S/C16H12O2/c1-3-7-14-11(5-1)9-16(18-14)13-10-17-15-8-4-2-6-12(13)15/h1-8,13,16H,9H2. The van der Waals surface area contributed by atoms with Gasteiger partial charge in [0.1, 0.15) is 17.6 Å². The van der Waals surface area contributed by atoms with Crippen LogP contribution in [0.5, 0.6) is 11.5 Å². The Labute approximate surface area is 106 Å². The topological polar surface area (TPSA) is 18.5 Å². The third-order valence-electron chi connectivity index (χ3n) is 3.59. The second kappa shape index (κ2) is 3.77. The van der Waals surface area contributed by atoms with Gasteiger partial charge in [-0.25, -0.2) is 0 Å². The Hall–Kier alpha value is -1.96. The van der Waals surface area contributed by atoms with Crippen LogP contribution in [0.4, 0.5) is 0 Å². The van der Waals surface area contributed by atoms with E-state index in [4.69, 9.17) is 9.47 Å². The minimum absolute atomic E-state index is 0.103. The van der Waals surface area contributed by atoms with E-state index in [1.807, 2.05) is 30.3 Å². The summed E-state index contributed by atoms with van der Waals surface area (Å²) in [6.07, 6.45) is 1.02. The zero-order chi connectivity index (χ0) is 11.9. The summed E-state index contributed by atoms with van der Waals surface area (Å²) in [5, 5.41) is 0. The summed E-state index contributed by atoms with van der Waals surface area (Å²) < 4.78 is 11.5. The van der Waals surface area contributed by atoms with Crippen LogP contribution in [0, 0.1) is 6.61 Å². The number of fused-ring (bicyclic) bond motifs is 2. The molecule has 88 valence electrons. The highest BCUT2D eigenvalue weighted by Crippen LogP contribution is 2.43. The van der Waals surface area contributed by atoms with E-state index in [2.05, 4.69) is 24.8 Å². The van der Waals surface area contributed by atoms with Crippen molar-refractivity contribution >= 4 is 0 Å². The number of rotatable bonds is 1. The number of benzene rings is 2. The molecule has 0 amide bonds. The predicted molar refractivity (Wildman–Crippen MR) is 67.6 cm³/mol. The second-order valence-electron chi connectivity index (χ2n) is 4.70. The van der Waals surface area contributed by atoms with Gasteiger partial charge in [-0.15, -0.1) is 0 Å². The molecule has 0 aromatic heterocycles. The highest BCUT2D eigenvalue weighted by atomic mass is 16.5. The van der Waals surface area contributed by atoms with Crippen molar-refractivity contribution in [1.82, 2.24) is 0 Å². The van der Waals surface area contributed by atoms with E-state index in [0.29, 0.717) is 0 Å². The van der Waals surface area contributed by atoms with Crippen LogP contribution in [-0.4, -0.2) is 6.10 Å². The van der Waals surface area contributed by atoms with Gasteiger partial charge in [0.05, 0.1) is 5.92 Å². The lowest BCUT2D eigenvalue weighted by Gasteiger charge is -2.16. The molecule has 0 saturated carbocycles. The molecule has 2 heterocycles. The number of hydrogen-bond donors (Lipinski definition) is 0. The Bertz CT molecular complexity index is 566. The van der Waals surface area contributed by atoms with Crippen molar-refractivity contribution in [1.29, 1.82) is 0 Å². The van der Waals surface area contributed by atoms with Crippen LogP contribution >= 0.6 is 0 Å². The van der Waals surface area contributed by atoms with Gasteiger partial charge >= 0.3 is 0 Å². The molecule has 0 spiro atoms. The van der Waals surface area contributed by atoms with Crippen LogP contribution in [-0.2, 0) is 6.42 Å². The van der Waals surface area contributed by atoms with Gasteiger partial charge in [-0.2, -0.15) is 0 Å². The van der Waals surface area contributed by atoms with Crippen molar-refractivity contribution in [3.05, 3.63) is 66.3 Å². The van der Waals surface area contributed by atoms with Crippen LogP contribution < -0.4 is 9.47 Å². The summed E-state index contributed by atoms with van der Waals surface area (Å²) in [4.78, 5) is 0.